The van der Waals surface area contributed by atoms with Crippen LogP contribution in [-0.2, 0) is 0 Å². The smallest absolute Gasteiger partial charge is 0.159 e. The van der Waals surface area contributed by atoms with E-state index in [2.05, 4.69) is 15.1 Å². The second-order valence-electron chi connectivity index (χ2n) is 4.62. The van der Waals surface area contributed by atoms with Crippen LogP contribution in [0.1, 0.15) is 36.0 Å². The van der Waals surface area contributed by atoms with Gasteiger partial charge < -0.3 is 5.73 Å². The molecule has 0 aromatic carbocycles. The van der Waals surface area contributed by atoms with E-state index in [0.29, 0.717) is 11.7 Å². The third-order valence-corrected chi connectivity index (χ3v) is 2.92. The minimum Gasteiger partial charge on any atom is -0.384 e. The van der Waals surface area contributed by atoms with Gasteiger partial charge in [-0.1, -0.05) is 0 Å². The van der Waals surface area contributed by atoms with Crippen LogP contribution in [0.15, 0.2) is 12.1 Å². The molecule has 2 heterocycles. The molecule has 1 fully saturated rings. The van der Waals surface area contributed by atoms with E-state index < -0.39 is 0 Å². The van der Waals surface area contributed by atoms with Crippen molar-refractivity contribution in [1.29, 1.82) is 0 Å². The predicted molar refractivity (Wildman–Crippen MR) is 65.0 cm³/mol. The predicted octanol–water partition coefficient (Wildman–Crippen LogP) is 1.74. The van der Waals surface area contributed by atoms with Crippen LogP contribution in [0.5, 0.6) is 0 Å². The Balaban J connectivity index is 2.10. The van der Waals surface area contributed by atoms with Crippen molar-refractivity contribution >= 4 is 5.82 Å². The number of nitrogen functional groups attached to an aromatic ring is 1. The number of hydrogen-bond donors (Lipinski definition) is 1. The van der Waals surface area contributed by atoms with Gasteiger partial charge >= 0.3 is 0 Å². The fourth-order valence-electron chi connectivity index (χ4n) is 1.96. The van der Waals surface area contributed by atoms with Crippen molar-refractivity contribution in [3.05, 3.63) is 29.3 Å². The highest BCUT2D eigenvalue weighted by molar-refractivity contribution is 5.39. The molecule has 0 amide bonds. The minimum atomic E-state index is 0.495. The van der Waals surface area contributed by atoms with Gasteiger partial charge in [-0.15, -0.1) is 0 Å². The van der Waals surface area contributed by atoms with Crippen LogP contribution in [0.2, 0.25) is 0 Å². The van der Waals surface area contributed by atoms with Crippen LogP contribution in [0.4, 0.5) is 5.82 Å². The molecule has 5 nitrogen and oxygen atoms in total. The molecule has 0 radical (unpaired) electrons. The topological polar surface area (TPSA) is 69.6 Å². The lowest BCUT2D eigenvalue weighted by atomic mass is 10.3. The Kier molecular flexibility index (Phi) is 2.14. The van der Waals surface area contributed by atoms with Gasteiger partial charge in [0.05, 0.1) is 5.69 Å². The summed E-state index contributed by atoms with van der Waals surface area (Å²) in [5, 5.41) is 4.41. The van der Waals surface area contributed by atoms with Gasteiger partial charge in [-0.05, 0) is 32.8 Å². The fourth-order valence-corrected chi connectivity index (χ4v) is 1.96. The van der Waals surface area contributed by atoms with Crippen molar-refractivity contribution in [2.24, 2.45) is 0 Å². The molecule has 1 aliphatic rings. The number of nitrogens with zero attached hydrogens (tertiary/aromatic N) is 4. The number of aryl methyl sites for hydroxylation is 2. The zero-order chi connectivity index (χ0) is 12.0. The number of hydrogen-bond acceptors (Lipinski definition) is 4. The molecule has 2 aromatic rings. The molecule has 0 aliphatic heterocycles. The molecule has 5 heteroatoms. The molecular weight excluding hydrogens is 214 g/mol. The van der Waals surface area contributed by atoms with E-state index in [1.807, 2.05) is 24.6 Å². The average Bonchev–Trinajstić information content (AvgIpc) is 3.04. The normalized spacial score (nSPS) is 15.2. The monoisotopic (exact) mass is 229 g/mol. The molecule has 0 spiro atoms. The summed E-state index contributed by atoms with van der Waals surface area (Å²) in [6.07, 6.45) is 2.33. The maximum absolute atomic E-state index is 5.83. The van der Waals surface area contributed by atoms with E-state index in [1.165, 1.54) is 12.8 Å². The molecule has 1 saturated carbocycles. The number of aromatic nitrogens is 4. The van der Waals surface area contributed by atoms with Crippen molar-refractivity contribution in [3.8, 4) is 5.82 Å². The average molecular weight is 229 g/mol. The van der Waals surface area contributed by atoms with E-state index in [-0.39, 0.29) is 0 Å². The zero-order valence-electron chi connectivity index (χ0n) is 10.0. The summed E-state index contributed by atoms with van der Waals surface area (Å²) in [4.78, 5) is 8.83. The first-order valence-electron chi connectivity index (χ1n) is 5.81. The summed E-state index contributed by atoms with van der Waals surface area (Å²) in [5.41, 5.74) is 7.86. The number of rotatable bonds is 2. The van der Waals surface area contributed by atoms with E-state index >= 15 is 0 Å². The molecule has 17 heavy (non-hydrogen) atoms. The summed E-state index contributed by atoms with van der Waals surface area (Å²) in [6, 6.07) is 3.79. The quantitative estimate of drug-likeness (QED) is 0.851. The Hall–Kier alpha value is -1.91. The van der Waals surface area contributed by atoms with Gasteiger partial charge in [0.25, 0.3) is 0 Å². The Morgan fingerprint density at radius 2 is 2.00 bits per heavy atom. The van der Waals surface area contributed by atoms with Crippen LogP contribution >= 0.6 is 0 Å². The largest absolute Gasteiger partial charge is 0.384 e. The first-order valence-corrected chi connectivity index (χ1v) is 5.81. The van der Waals surface area contributed by atoms with E-state index in [0.717, 1.165) is 23.0 Å². The maximum atomic E-state index is 5.83. The summed E-state index contributed by atoms with van der Waals surface area (Å²) in [7, 11) is 0. The lowest BCUT2D eigenvalue weighted by molar-refractivity contribution is 0.782. The lowest BCUT2D eigenvalue weighted by Gasteiger charge is -2.06. The standard InChI is InChI=1S/C12H15N5/c1-7-5-8(2)17(16-7)11-6-10(13)14-12(15-11)9-3-4-9/h5-6,9H,3-4H2,1-2H3,(H2,13,14,15). The second kappa shape index (κ2) is 3.55. The van der Waals surface area contributed by atoms with E-state index in [9.17, 15) is 0 Å². The van der Waals surface area contributed by atoms with Crippen molar-refractivity contribution in [3.63, 3.8) is 0 Å². The van der Waals surface area contributed by atoms with Crippen molar-refractivity contribution in [2.75, 3.05) is 5.73 Å². The van der Waals surface area contributed by atoms with E-state index in [1.54, 1.807) is 6.07 Å². The summed E-state index contributed by atoms with van der Waals surface area (Å²) in [6.45, 7) is 3.98. The van der Waals surface area contributed by atoms with Gasteiger partial charge in [-0.25, -0.2) is 14.6 Å². The molecule has 2 N–H and O–H groups in total. The fraction of sp³-hybridized carbons (Fsp3) is 0.417. The molecule has 0 saturated heterocycles. The third-order valence-electron chi connectivity index (χ3n) is 2.92. The van der Waals surface area contributed by atoms with Gasteiger partial charge in [0.2, 0.25) is 0 Å². The van der Waals surface area contributed by atoms with Crippen molar-refractivity contribution in [2.45, 2.75) is 32.6 Å². The Morgan fingerprint density at radius 1 is 1.24 bits per heavy atom. The van der Waals surface area contributed by atoms with Gasteiger partial charge in [-0.3, -0.25) is 0 Å². The number of anilines is 1. The summed E-state index contributed by atoms with van der Waals surface area (Å²) >= 11 is 0. The van der Waals surface area contributed by atoms with Crippen molar-refractivity contribution in [1.82, 2.24) is 19.7 Å². The highest BCUT2D eigenvalue weighted by atomic mass is 15.3. The lowest BCUT2D eigenvalue weighted by Crippen LogP contribution is -2.07. The van der Waals surface area contributed by atoms with Gasteiger partial charge in [0.15, 0.2) is 5.82 Å². The molecule has 88 valence electrons. The van der Waals surface area contributed by atoms with Crippen LogP contribution in [-0.4, -0.2) is 19.7 Å². The first kappa shape index (κ1) is 10.3. The van der Waals surface area contributed by atoms with Gasteiger partial charge in [0.1, 0.15) is 11.6 Å². The highest BCUT2D eigenvalue weighted by Gasteiger charge is 2.27. The second-order valence-corrected chi connectivity index (χ2v) is 4.62. The van der Waals surface area contributed by atoms with Crippen LogP contribution in [0.3, 0.4) is 0 Å². The SMILES string of the molecule is Cc1cc(C)n(-c2cc(N)nc(C3CC3)n2)n1. The van der Waals surface area contributed by atoms with Crippen LogP contribution in [0.25, 0.3) is 5.82 Å². The Bertz CT molecular complexity index is 568. The molecule has 0 bridgehead atoms. The Morgan fingerprint density at radius 3 is 2.59 bits per heavy atom. The molecule has 2 aromatic heterocycles. The molecule has 3 rings (SSSR count). The number of nitrogens with two attached hydrogens (primary N) is 1. The maximum Gasteiger partial charge on any atom is 0.159 e. The minimum absolute atomic E-state index is 0.495. The first-order chi connectivity index (χ1) is 8.13. The van der Waals surface area contributed by atoms with Gasteiger partial charge in [0, 0.05) is 17.7 Å². The third kappa shape index (κ3) is 1.88. The molecule has 1 aliphatic carbocycles. The molecule has 0 unspecified atom stereocenters. The van der Waals surface area contributed by atoms with Gasteiger partial charge in [-0.2, -0.15) is 5.10 Å². The summed E-state index contributed by atoms with van der Waals surface area (Å²) in [5.74, 6) is 2.64. The van der Waals surface area contributed by atoms with Crippen molar-refractivity contribution < 1.29 is 0 Å². The van der Waals surface area contributed by atoms with Crippen LogP contribution in [0, 0.1) is 13.8 Å². The molecule has 0 atom stereocenters. The van der Waals surface area contributed by atoms with E-state index in [4.69, 9.17) is 5.73 Å². The van der Waals surface area contributed by atoms with Crippen LogP contribution < -0.4 is 5.73 Å². The molecular formula is C12H15N5. The Labute approximate surface area is 99.7 Å². The summed E-state index contributed by atoms with van der Waals surface area (Å²) < 4.78 is 1.82. The highest BCUT2D eigenvalue weighted by Crippen LogP contribution is 2.38. The zero-order valence-corrected chi connectivity index (χ0v) is 10.0.